The number of fused-ring (bicyclic) bond motifs is 1. The summed E-state index contributed by atoms with van der Waals surface area (Å²) in [6.45, 7) is 4.61. The fourth-order valence-electron chi connectivity index (χ4n) is 4.27. The summed E-state index contributed by atoms with van der Waals surface area (Å²) in [5.41, 5.74) is 3.98. The maximum atomic E-state index is 13.4. The average molecular weight is 476 g/mol. The van der Waals surface area contributed by atoms with Gasteiger partial charge in [-0.2, -0.15) is 10.4 Å². The molecule has 7 nitrogen and oxygen atoms in total. The number of aromatic nitrogens is 2. The maximum Gasteiger partial charge on any atom is 0.272 e. The van der Waals surface area contributed by atoms with Crippen LogP contribution in [0.15, 0.2) is 48.5 Å². The molecule has 1 aromatic heterocycles. The number of carbonyl (C=O) groups excluding carboxylic acids is 2. The Bertz CT molecular complexity index is 1260. The third-order valence-corrected chi connectivity index (χ3v) is 6.17. The van der Waals surface area contributed by atoms with E-state index in [9.17, 15) is 9.59 Å². The zero-order valence-corrected chi connectivity index (χ0v) is 20.0. The van der Waals surface area contributed by atoms with Crippen molar-refractivity contribution in [2.45, 2.75) is 45.7 Å². The summed E-state index contributed by atoms with van der Waals surface area (Å²) < 4.78 is 1.84. The predicted octanol–water partition coefficient (Wildman–Crippen LogP) is 5.42. The number of halogens is 1. The molecular weight excluding hydrogens is 450 g/mol. The molecule has 0 bridgehead atoms. The Balaban J connectivity index is 1.70. The lowest BCUT2D eigenvalue weighted by Crippen LogP contribution is -2.42. The van der Waals surface area contributed by atoms with Gasteiger partial charge in [-0.1, -0.05) is 43.5 Å². The van der Waals surface area contributed by atoms with Gasteiger partial charge in [0.2, 0.25) is 5.91 Å². The fourth-order valence-corrected chi connectivity index (χ4v) is 4.44. The molecule has 0 fully saturated rings. The molecule has 1 N–H and O–H groups in total. The van der Waals surface area contributed by atoms with Crippen molar-refractivity contribution in [2.24, 2.45) is 0 Å². The van der Waals surface area contributed by atoms with Crippen molar-refractivity contribution in [3.63, 3.8) is 0 Å². The minimum atomic E-state index is -0.210. The van der Waals surface area contributed by atoms with Crippen LogP contribution < -0.4 is 5.32 Å². The molecule has 2 heterocycles. The van der Waals surface area contributed by atoms with Gasteiger partial charge in [0.25, 0.3) is 5.91 Å². The topological polar surface area (TPSA) is 91.0 Å². The Labute approximate surface area is 203 Å². The highest BCUT2D eigenvalue weighted by Gasteiger charge is 2.33. The lowest BCUT2D eigenvalue weighted by atomic mass is 10.0. The van der Waals surface area contributed by atoms with Gasteiger partial charge < -0.3 is 10.2 Å². The number of rotatable bonds is 7. The minimum absolute atomic E-state index is 0.0521. The molecule has 174 valence electrons. The minimum Gasteiger partial charge on any atom is -0.331 e. The summed E-state index contributed by atoms with van der Waals surface area (Å²) in [6, 6.07) is 16.5. The van der Waals surface area contributed by atoms with E-state index in [0.29, 0.717) is 46.3 Å². The van der Waals surface area contributed by atoms with Crippen LogP contribution in [0, 0.1) is 11.3 Å². The molecule has 0 spiro atoms. The standard InChI is InChI=1S/C26H26ClN5O2/c1-3-4-5-21-16-31(15-19-8-6-18(14-28)7-9-19)26(34)25-13-24(30-32(21)25)22-11-10-20(27)12-23(22)29-17(2)33/h6-13,21H,3-5,15-16H2,1-2H3,(H,29,33). The molecule has 0 aliphatic carbocycles. The lowest BCUT2D eigenvalue weighted by molar-refractivity contribution is -0.114. The van der Waals surface area contributed by atoms with Gasteiger partial charge in [0.15, 0.2) is 0 Å². The van der Waals surface area contributed by atoms with Crippen LogP contribution in [0.5, 0.6) is 0 Å². The number of hydrogen-bond acceptors (Lipinski definition) is 4. The molecule has 34 heavy (non-hydrogen) atoms. The number of carbonyl (C=O) groups is 2. The largest absolute Gasteiger partial charge is 0.331 e. The van der Waals surface area contributed by atoms with Crippen LogP contribution in [0.3, 0.4) is 0 Å². The van der Waals surface area contributed by atoms with Gasteiger partial charge in [-0.25, -0.2) is 0 Å². The summed E-state index contributed by atoms with van der Waals surface area (Å²) in [7, 11) is 0. The van der Waals surface area contributed by atoms with E-state index in [1.54, 1.807) is 30.3 Å². The number of unbranched alkanes of at least 4 members (excludes halogenated alkanes) is 1. The first kappa shape index (κ1) is 23.5. The van der Waals surface area contributed by atoms with Crippen LogP contribution >= 0.6 is 11.6 Å². The fraction of sp³-hybridized carbons (Fsp3) is 0.308. The second-order valence-corrected chi connectivity index (χ2v) is 8.96. The van der Waals surface area contributed by atoms with E-state index >= 15 is 0 Å². The monoisotopic (exact) mass is 475 g/mol. The number of anilines is 1. The zero-order valence-electron chi connectivity index (χ0n) is 19.2. The first-order chi connectivity index (χ1) is 16.4. The first-order valence-electron chi connectivity index (χ1n) is 11.3. The van der Waals surface area contributed by atoms with Gasteiger partial charge in [0.05, 0.1) is 29.1 Å². The molecule has 0 saturated heterocycles. The summed E-state index contributed by atoms with van der Waals surface area (Å²) in [4.78, 5) is 27.0. The van der Waals surface area contributed by atoms with Gasteiger partial charge in [0.1, 0.15) is 5.69 Å². The molecule has 8 heteroatoms. The number of hydrogen-bond donors (Lipinski definition) is 1. The van der Waals surface area contributed by atoms with Crippen molar-refractivity contribution >= 4 is 29.1 Å². The van der Waals surface area contributed by atoms with E-state index in [1.165, 1.54) is 6.92 Å². The van der Waals surface area contributed by atoms with Crippen molar-refractivity contribution in [1.82, 2.24) is 14.7 Å². The van der Waals surface area contributed by atoms with E-state index in [-0.39, 0.29) is 17.9 Å². The molecule has 0 saturated carbocycles. The molecule has 1 aliphatic heterocycles. The molecule has 0 radical (unpaired) electrons. The third-order valence-electron chi connectivity index (χ3n) is 5.93. The van der Waals surface area contributed by atoms with Crippen LogP contribution in [0.4, 0.5) is 5.69 Å². The summed E-state index contributed by atoms with van der Waals surface area (Å²) in [6.07, 6.45) is 2.98. The van der Waals surface area contributed by atoms with E-state index in [2.05, 4.69) is 18.3 Å². The van der Waals surface area contributed by atoms with E-state index in [0.717, 1.165) is 24.8 Å². The second kappa shape index (κ2) is 10.1. The van der Waals surface area contributed by atoms with Crippen LogP contribution in [-0.2, 0) is 11.3 Å². The number of amides is 2. The van der Waals surface area contributed by atoms with Gasteiger partial charge >= 0.3 is 0 Å². The molecular formula is C26H26ClN5O2. The molecule has 1 unspecified atom stereocenters. The molecule has 1 aliphatic rings. The predicted molar refractivity (Wildman–Crippen MR) is 131 cm³/mol. The molecule has 3 aromatic rings. The van der Waals surface area contributed by atoms with Crippen LogP contribution in [0.1, 0.15) is 60.8 Å². The van der Waals surface area contributed by atoms with Gasteiger partial charge in [0, 0.05) is 30.6 Å². The van der Waals surface area contributed by atoms with Crippen molar-refractivity contribution in [3.05, 3.63) is 70.4 Å². The van der Waals surface area contributed by atoms with Crippen LogP contribution in [-0.4, -0.2) is 33.0 Å². The Hall–Kier alpha value is -3.63. The number of nitrogens with one attached hydrogen (secondary N) is 1. The number of nitrogens with zero attached hydrogens (tertiary/aromatic N) is 4. The SMILES string of the molecule is CCCCC1CN(Cc2ccc(C#N)cc2)C(=O)c2cc(-c3ccc(Cl)cc3NC(C)=O)nn21. The highest BCUT2D eigenvalue weighted by Crippen LogP contribution is 2.34. The van der Waals surface area contributed by atoms with E-state index < -0.39 is 0 Å². The molecule has 2 amide bonds. The third kappa shape index (κ3) is 4.97. The van der Waals surface area contributed by atoms with E-state index in [1.807, 2.05) is 27.8 Å². The maximum absolute atomic E-state index is 13.4. The summed E-state index contributed by atoms with van der Waals surface area (Å²) in [5.74, 6) is -0.302. The number of nitriles is 1. The van der Waals surface area contributed by atoms with Crippen LogP contribution in [0.2, 0.25) is 5.02 Å². The summed E-state index contributed by atoms with van der Waals surface area (Å²) >= 11 is 6.15. The Morgan fingerprint density at radius 1 is 1.24 bits per heavy atom. The normalized spacial score (nSPS) is 15.1. The van der Waals surface area contributed by atoms with Gasteiger partial charge in [-0.3, -0.25) is 14.3 Å². The Morgan fingerprint density at radius 3 is 2.68 bits per heavy atom. The van der Waals surface area contributed by atoms with E-state index in [4.69, 9.17) is 22.0 Å². The van der Waals surface area contributed by atoms with Crippen molar-refractivity contribution in [1.29, 1.82) is 5.26 Å². The van der Waals surface area contributed by atoms with Crippen molar-refractivity contribution in [3.8, 4) is 17.3 Å². The summed E-state index contributed by atoms with van der Waals surface area (Å²) in [5, 5.41) is 17.2. The van der Waals surface area contributed by atoms with Crippen LogP contribution in [0.25, 0.3) is 11.3 Å². The lowest BCUT2D eigenvalue weighted by Gasteiger charge is -2.33. The Morgan fingerprint density at radius 2 is 2.00 bits per heavy atom. The van der Waals surface area contributed by atoms with Crippen molar-refractivity contribution in [2.75, 3.05) is 11.9 Å². The van der Waals surface area contributed by atoms with Gasteiger partial charge in [-0.05, 0) is 48.4 Å². The second-order valence-electron chi connectivity index (χ2n) is 8.52. The Kier molecular flexibility index (Phi) is 6.99. The molecule has 4 rings (SSSR count). The van der Waals surface area contributed by atoms with Crippen molar-refractivity contribution < 1.29 is 9.59 Å². The molecule has 1 atom stereocenters. The molecule has 2 aromatic carbocycles. The average Bonchev–Trinajstić information content (AvgIpc) is 3.26. The highest BCUT2D eigenvalue weighted by atomic mass is 35.5. The number of benzene rings is 2. The smallest absolute Gasteiger partial charge is 0.272 e. The quantitative estimate of drug-likeness (QED) is 0.493. The highest BCUT2D eigenvalue weighted by molar-refractivity contribution is 6.31. The first-order valence-corrected chi connectivity index (χ1v) is 11.7. The van der Waals surface area contributed by atoms with Gasteiger partial charge in [-0.15, -0.1) is 0 Å². The zero-order chi connectivity index (χ0) is 24.2.